The summed E-state index contributed by atoms with van der Waals surface area (Å²) in [6.07, 6.45) is 0.709. The fourth-order valence-corrected chi connectivity index (χ4v) is 4.27. The maximum absolute atomic E-state index is 12.4. The molecule has 124 valence electrons. The fourth-order valence-electron chi connectivity index (χ4n) is 3.27. The van der Waals surface area contributed by atoms with Gasteiger partial charge in [0, 0.05) is 23.0 Å². The average Bonchev–Trinajstić information content (AvgIpc) is 3.01. The average molecular weight is 418 g/mol. The zero-order valence-electron chi connectivity index (χ0n) is 12.9. The van der Waals surface area contributed by atoms with Gasteiger partial charge in [-0.1, -0.05) is 29.8 Å². The van der Waals surface area contributed by atoms with Gasteiger partial charge < -0.3 is 4.57 Å². The van der Waals surface area contributed by atoms with Crippen LogP contribution in [-0.2, 0) is 7.05 Å². The number of benzene rings is 2. The van der Waals surface area contributed by atoms with E-state index in [-0.39, 0.29) is 11.1 Å². The minimum atomic E-state index is -0.484. The second-order valence-corrected chi connectivity index (χ2v) is 6.91. The number of amides is 2. The van der Waals surface area contributed by atoms with E-state index in [0.29, 0.717) is 43.5 Å². The zero-order chi connectivity index (χ0) is 17.9. The van der Waals surface area contributed by atoms with Crippen molar-refractivity contribution >= 4 is 56.5 Å². The smallest absolute Gasteiger partial charge is 0.259 e. The molecule has 1 aliphatic rings. The van der Waals surface area contributed by atoms with Crippen LogP contribution in [0, 0.1) is 0 Å². The molecule has 3 aromatic rings. The predicted molar refractivity (Wildman–Crippen MR) is 98.2 cm³/mol. The molecule has 0 bridgehead atoms. The zero-order valence-corrected chi connectivity index (χ0v) is 15.2. The lowest BCUT2D eigenvalue weighted by Gasteiger charge is -2.10. The third-order valence-electron chi connectivity index (χ3n) is 4.43. The Morgan fingerprint density at radius 3 is 2.48 bits per heavy atom. The summed E-state index contributed by atoms with van der Waals surface area (Å²) in [5.41, 5.74) is 2.79. The summed E-state index contributed by atoms with van der Waals surface area (Å²) in [5.74, 6) is -0.956. The highest BCUT2D eigenvalue weighted by molar-refractivity contribution is 9.10. The van der Waals surface area contributed by atoms with Crippen LogP contribution in [0.2, 0.25) is 5.02 Å². The molecule has 2 amide bonds. The summed E-state index contributed by atoms with van der Waals surface area (Å²) in [4.78, 5) is 36.3. The molecule has 0 saturated carbocycles. The lowest BCUT2D eigenvalue weighted by atomic mass is 9.94. The number of nitrogens with one attached hydrogen (secondary N) is 1. The topological polar surface area (TPSA) is 68.2 Å². The molecule has 4 rings (SSSR count). The van der Waals surface area contributed by atoms with Gasteiger partial charge in [0.05, 0.1) is 26.8 Å². The van der Waals surface area contributed by atoms with E-state index in [2.05, 4.69) is 21.2 Å². The van der Waals surface area contributed by atoms with Crippen LogP contribution >= 0.6 is 27.5 Å². The van der Waals surface area contributed by atoms with Crippen molar-refractivity contribution < 1.29 is 14.4 Å². The van der Waals surface area contributed by atoms with E-state index in [1.54, 1.807) is 35.9 Å². The second-order valence-electron chi connectivity index (χ2n) is 5.71. The van der Waals surface area contributed by atoms with Crippen LogP contribution in [0.3, 0.4) is 0 Å². The van der Waals surface area contributed by atoms with Crippen LogP contribution < -0.4 is 5.32 Å². The Hall–Kier alpha value is -2.44. The van der Waals surface area contributed by atoms with Gasteiger partial charge in [-0.25, -0.2) is 0 Å². The Bertz CT molecular complexity index is 1120. The molecule has 1 aliphatic heterocycles. The molecular formula is C18H10BrClN2O3. The monoisotopic (exact) mass is 416 g/mol. The number of aryl methyl sites for hydroxylation is 1. The van der Waals surface area contributed by atoms with E-state index in [0.717, 1.165) is 0 Å². The van der Waals surface area contributed by atoms with Crippen molar-refractivity contribution in [3.8, 4) is 11.1 Å². The van der Waals surface area contributed by atoms with Crippen LogP contribution in [0.15, 0.2) is 34.8 Å². The van der Waals surface area contributed by atoms with Gasteiger partial charge in [-0.2, -0.15) is 0 Å². The highest BCUT2D eigenvalue weighted by Gasteiger charge is 2.35. The van der Waals surface area contributed by atoms with E-state index in [4.69, 9.17) is 11.6 Å². The maximum Gasteiger partial charge on any atom is 0.259 e. The second kappa shape index (κ2) is 5.54. The highest BCUT2D eigenvalue weighted by Crippen LogP contribution is 2.42. The molecule has 0 unspecified atom stereocenters. The summed E-state index contributed by atoms with van der Waals surface area (Å²) in [7, 11) is 1.73. The first kappa shape index (κ1) is 16.1. The molecule has 2 heterocycles. The van der Waals surface area contributed by atoms with E-state index in [1.165, 1.54) is 0 Å². The SMILES string of the molecule is Cn1c(C=O)c(Br)c2c3c(c(-c4ccccc4Cl)cc21)C(=O)NC3=O. The van der Waals surface area contributed by atoms with Gasteiger partial charge >= 0.3 is 0 Å². The van der Waals surface area contributed by atoms with Crippen molar-refractivity contribution in [1.82, 2.24) is 9.88 Å². The number of aldehydes is 1. The standard InChI is InChI=1S/C18H10BrClN2O3/c1-22-11-6-9(8-4-2-3-5-10(8)20)13-15(18(25)21-17(13)24)14(11)16(19)12(22)7-23/h2-7H,1H3,(H,21,24,25). The number of hydrogen-bond donors (Lipinski definition) is 1. The van der Waals surface area contributed by atoms with E-state index in [9.17, 15) is 14.4 Å². The molecule has 2 aromatic carbocycles. The fraction of sp³-hybridized carbons (Fsp3) is 0.0556. The number of rotatable bonds is 2. The third-order valence-corrected chi connectivity index (χ3v) is 5.56. The van der Waals surface area contributed by atoms with E-state index < -0.39 is 11.8 Å². The van der Waals surface area contributed by atoms with Crippen LogP contribution in [0.4, 0.5) is 0 Å². The Balaban J connectivity index is 2.24. The van der Waals surface area contributed by atoms with E-state index >= 15 is 0 Å². The van der Waals surface area contributed by atoms with E-state index in [1.807, 2.05) is 6.07 Å². The molecule has 0 atom stereocenters. The van der Waals surface area contributed by atoms with Gasteiger partial charge in [-0.15, -0.1) is 0 Å². The number of carbonyl (C=O) groups is 3. The Kier molecular flexibility index (Phi) is 3.56. The van der Waals surface area contributed by atoms with Gasteiger partial charge in [0.1, 0.15) is 0 Å². The Labute approximate surface area is 155 Å². The maximum atomic E-state index is 12.4. The van der Waals surface area contributed by atoms with Crippen LogP contribution in [0.5, 0.6) is 0 Å². The highest BCUT2D eigenvalue weighted by atomic mass is 79.9. The Morgan fingerprint density at radius 2 is 1.80 bits per heavy atom. The number of aromatic nitrogens is 1. The largest absolute Gasteiger partial charge is 0.340 e. The van der Waals surface area contributed by atoms with Crippen molar-refractivity contribution in [1.29, 1.82) is 0 Å². The van der Waals surface area contributed by atoms with Crippen LogP contribution in [0.1, 0.15) is 31.2 Å². The molecule has 5 nitrogen and oxygen atoms in total. The number of fused-ring (bicyclic) bond motifs is 3. The van der Waals surface area contributed by atoms with Crippen LogP contribution in [0.25, 0.3) is 22.0 Å². The molecule has 0 spiro atoms. The number of nitrogens with zero attached hydrogens (tertiary/aromatic N) is 1. The van der Waals surface area contributed by atoms with Gasteiger partial charge in [-0.05, 0) is 33.6 Å². The molecule has 0 aliphatic carbocycles. The van der Waals surface area contributed by atoms with Crippen molar-refractivity contribution in [2.24, 2.45) is 7.05 Å². The number of imide groups is 1. The van der Waals surface area contributed by atoms with Crippen molar-refractivity contribution in [2.75, 3.05) is 0 Å². The molecular weight excluding hydrogens is 408 g/mol. The summed E-state index contributed by atoms with van der Waals surface area (Å²) in [6, 6.07) is 8.90. The van der Waals surface area contributed by atoms with Crippen molar-refractivity contribution in [3.63, 3.8) is 0 Å². The normalized spacial score (nSPS) is 13.2. The summed E-state index contributed by atoms with van der Waals surface area (Å²) in [6.45, 7) is 0. The number of halogens is 2. The summed E-state index contributed by atoms with van der Waals surface area (Å²) in [5, 5.41) is 3.35. The quantitative estimate of drug-likeness (QED) is 0.507. The molecule has 1 N–H and O–H groups in total. The first-order chi connectivity index (χ1) is 12.0. The summed E-state index contributed by atoms with van der Waals surface area (Å²) < 4.78 is 2.18. The molecule has 7 heteroatoms. The molecule has 0 fully saturated rings. The van der Waals surface area contributed by atoms with Crippen molar-refractivity contribution in [2.45, 2.75) is 0 Å². The molecule has 0 saturated heterocycles. The van der Waals surface area contributed by atoms with Crippen LogP contribution in [-0.4, -0.2) is 22.7 Å². The minimum absolute atomic E-state index is 0.257. The predicted octanol–water partition coefficient (Wildman–Crippen LogP) is 3.96. The van der Waals surface area contributed by atoms with Gasteiger partial charge in [0.15, 0.2) is 6.29 Å². The Morgan fingerprint density at radius 1 is 1.12 bits per heavy atom. The van der Waals surface area contributed by atoms with Gasteiger partial charge in [-0.3, -0.25) is 19.7 Å². The third kappa shape index (κ3) is 2.11. The lowest BCUT2D eigenvalue weighted by Crippen LogP contribution is -2.20. The first-order valence-corrected chi connectivity index (χ1v) is 8.53. The lowest BCUT2D eigenvalue weighted by molar-refractivity contribution is 0.0880. The minimum Gasteiger partial charge on any atom is -0.340 e. The summed E-state index contributed by atoms with van der Waals surface area (Å²) >= 11 is 9.70. The molecule has 25 heavy (non-hydrogen) atoms. The number of carbonyl (C=O) groups excluding carboxylic acids is 3. The first-order valence-electron chi connectivity index (χ1n) is 7.36. The van der Waals surface area contributed by atoms with Gasteiger partial charge in [0.25, 0.3) is 11.8 Å². The molecule has 0 radical (unpaired) electrons. The number of hydrogen-bond acceptors (Lipinski definition) is 3. The van der Waals surface area contributed by atoms with Crippen molar-refractivity contribution in [3.05, 3.63) is 56.6 Å². The van der Waals surface area contributed by atoms with Gasteiger partial charge in [0.2, 0.25) is 0 Å². The molecule has 1 aromatic heterocycles.